The van der Waals surface area contributed by atoms with Crippen molar-refractivity contribution >= 4 is 17.5 Å². The van der Waals surface area contributed by atoms with Crippen LogP contribution in [0, 0.1) is 28.6 Å². The van der Waals surface area contributed by atoms with Gasteiger partial charge in [0.05, 0.1) is 18.5 Å². The van der Waals surface area contributed by atoms with E-state index in [1.807, 2.05) is 0 Å². The Morgan fingerprint density at radius 2 is 2.00 bits per heavy atom. The molecule has 2 aliphatic heterocycles. The van der Waals surface area contributed by atoms with Crippen LogP contribution in [-0.4, -0.2) is 83.4 Å². The zero-order chi connectivity index (χ0) is 32.8. The van der Waals surface area contributed by atoms with E-state index in [9.17, 15) is 10.1 Å². The number of benzene rings is 1. The number of hydrogen-bond acceptors (Lipinski definition) is 8. The van der Waals surface area contributed by atoms with Crippen LogP contribution < -0.4 is 9.64 Å². The third kappa shape index (κ3) is 5.19. The predicted octanol–water partition coefficient (Wildman–Crippen LogP) is 4.99. The van der Waals surface area contributed by atoms with Gasteiger partial charge in [-0.15, -0.1) is 0 Å². The van der Waals surface area contributed by atoms with Crippen LogP contribution in [0.3, 0.4) is 0 Å². The zero-order valence-corrected chi connectivity index (χ0v) is 28.1. The number of nitrogens with zero attached hydrogens (tertiary/aromatic N) is 6. The number of likely N-dealkylation sites (tertiary alicyclic amines) is 1. The molecule has 0 unspecified atom stereocenters. The number of fused-ring (bicyclic) bond motifs is 2. The highest BCUT2D eigenvalue weighted by molar-refractivity contribution is 6.03. The van der Waals surface area contributed by atoms with Crippen molar-refractivity contribution in [2.45, 2.75) is 83.7 Å². The first kappa shape index (κ1) is 32.2. The van der Waals surface area contributed by atoms with Gasteiger partial charge in [0.15, 0.2) is 5.78 Å². The number of ketones is 1. The molecule has 1 aromatic heterocycles. The summed E-state index contributed by atoms with van der Waals surface area (Å²) >= 11 is 0. The van der Waals surface area contributed by atoms with Gasteiger partial charge in [-0.3, -0.25) is 9.59 Å². The Labute approximate surface area is 273 Å². The average Bonchev–Trinajstić information content (AvgIpc) is 3.48. The van der Waals surface area contributed by atoms with E-state index in [0.29, 0.717) is 56.5 Å². The van der Waals surface area contributed by atoms with Crippen LogP contribution in [0.25, 0.3) is 0 Å². The largest absolute Gasteiger partial charge is 0.462 e. The van der Waals surface area contributed by atoms with Crippen LogP contribution in [0.5, 0.6) is 6.01 Å². The van der Waals surface area contributed by atoms with Crippen molar-refractivity contribution in [2.24, 2.45) is 17.3 Å². The number of nitriles is 1. The zero-order valence-electron chi connectivity index (χ0n) is 28.1. The maximum atomic E-state index is 15.1. The molecule has 9 heteroatoms. The van der Waals surface area contributed by atoms with Crippen molar-refractivity contribution in [3.63, 3.8) is 0 Å². The summed E-state index contributed by atoms with van der Waals surface area (Å²) in [5.74, 6) is 1.05. The van der Waals surface area contributed by atoms with Crippen LogP contribution in [0.2, 0.25) is 0 Å². The van der Waals surface area contributed by atoms with Gasteiger partial charge in [-0.2, -0.15) is 15.2 Å². The monoisotopic (exact) mass is 624 g/mol. The van der Waals surface area contributed by atoms with Crippen LogP contribution in [-0.2, 0) is 23.1 Å². The molecule has 2 saturated heterocycles. The summed E-state index contributed by atoms with van der Waals surface area (Å²) in [4.78, 5) is 43.8. The molecule has 0 N–H and O–H groups in total. The topological polar surface area (TPSA) is 103 Å². The number of likely N-dealkylation sites (N-methyl/N-ethyl adjacent to an activating group) is 1. The summed E-state index contributed by atoms with van der Waals surface area (Å²) in [6.45, 7) is 15.7. The van der Waals surface area contributed by atoms with Gasteiger partial charge < -0.3 is 19.4 Å². The second-order valence-corrected chi connectivity index (χ2v) is 14.4. The molecular formula is C37H48N6O3. The van der Waals surface area contributed by atoms with Crippen molar-refractivity contribution in [3.05, 3.63) is 59.3 Å². The minimum Gasteiger partial charge on any atom is -0.462 e. The van der Waals surface area contributed by atoms with Crippen molar-refractivity contribution in [1.29, 1.82) is 5.26 Å². The van der Waals surface area contributed by atoms with Gasteiger partial charge in [-0.25, -0.2) is 0 Å². The molecule has 4 aliphatic rings. The lowest BCUT2D eigenvalue weighted by atomic mass is 9.47. The highest BCUT2D eigenvalue weighted by atomic mass is 16.5. The first-order valence-electron chi connectivity index (χ1n) is 17.0. The van der Waals surface area contributed by atoms with Gasteiger partial charge in [0, 0.05) is 36.7 Å². The van der Waals surface area contributed by atoms with E-state index in [-0.39, 0.29) is 47.5 Å². The van der Waals surface area contributed by atoms with E-state index in [1.165, 1.54) is 17.2 Å². The Hall–Kier alpha value is -3.77. The maximum absolute atomic E-state index is 15.1. The van der Waals surface area contributed by atoms with Crippen molar-refractivity contribution < 1.29 is 14.3 Å². The molecule has 1 amide bonds. The molecule has 0 bridgehead atoms. The van der Waals surface area contributed by atoms with Gasteiger partial charge in [-0.05, 0) is 80.2 Å². The van der Waals surface area contributed by atoms with Gasteiger partial charge in [0.1, 0.15) is 18.1 Å². The first-order valence-corrected chi connectivity index (χ1v) is 17.0. The second-order valence-electron chi connectivity index (χ2n) is 14.4. The number of amides is 1. The van der Waals surface area contributed by atoms with Gasteiger partial charge in [-0.1, -0.05) is 58.5 Å². The summed E-state index contributed by atoms with van der Waals surface area (Å²) in [5.41, 5.74) is 3.18. The third-order valence-electron chi connectivity index (χ3n) is 12.1. The van der Waals surface area contributed by atoms with Crippen LogP contribution >= 0.6 is 0 Å². The number of hydrogen-bond donors (Lipinski definition) is 0. The molecule has 9 nitrogen and oxygen atoms in total. The molecule has 3 heterocycles. The summed E-state index contributed by atoms with van der Waals surface area (Å²) < 4.78 is 6.32. The lowest BCUT2D eigenvalue weighted by Gasteiger charge is -2.55. The molecule has 244 valence electrons. The Kier molecular flexibility index (Phi) is 8.71. The van der Waals surface area contributed by atoms with Crippen LogP contribution in [0.15, 0.2) is 36.9 Å². The highest BCUT2D eigenvalue weighted by Gasteiger charge is 2.58. The standard InChI is InChI=1S/C37H48N6O3/c1-7-31(44)43-20-19-42(22-27(43)15-17-38)34-29-14-16-37(21-26-11-8-9-13-30(26)36(5,24(2)3)25(37)4)33(45)32(29)39-35(40-34)46-23-28-12-10-18-41(28)6/h7-9,11,13,24-25,27-28H,1,10,12,14-16,18-23H2,2-6H3/t25-,27-,28-,36-,37-/m0/s1. The summed E-state index contributed by atoms with van der Waals surface area (Å²) in [7, 11) is 2.11. The number of piperazine rings is 1. The molecular weight excluding hydrogens is 576 g/mol. The lowest BCUT2D eigenvalue weighted by Crippen LogP contribution is -2.57. The molecule has 1 aromatic carbocycles. The number of carbonyl (C=O) groups is 2. The Morgan fingerprint density at radius 3 is 2.70 bits per heavy atom. The molecule has 0 radical (unpaired) electrons. The molecule has 5 atom stereocenters. The fourth-order valence-corrected chi connectivity index (χ4v) is 8.88. The molecule has 6 rings (SSSR count). The van der Waals surface area contributed by atoms with E-state index < -0.39 is 5.41 Å². The fraction of sp³-hybridized carbons (Fsp3) is 0.595. The smallest absolute Gasteiger partial charge is 0.319 e. The third-order valence-corrected chi connectivity index (χ3v) is 12.1. The predicted molar refractivity (Wildman–Crippen MR) is 178 cm³/mol. The normalized spacial score (nSPS) is 29.4. The summed E-state index contributed by atoms with van der Waals surface area (Å²) in [6.07, 6.45) is 5.78. The summed E-state index contributed by atoms with van der Waals surface area (Å²) in [5, 5.41) is 9.60. The minimum absolute atomic E-state index is 0.0863. The quantitative estimate of drug-likeness (QED) is 0.397. The number of ether oxygens (including phenoxy) is 1. The highest BCUT2D eigenvalue weighted by Crippen LogP contribution is 2.58. The number of anilines is 1. The molecule has 1 spiro atoms. The van der Waals surface area contributed by atoms with Gasteiger partial charge in [0.2, 0.25) is 5.91 Å². The molecule has 46 heavy (non-hydrogen) atoms. The van der Waals surface area contributed by atoms with E-state index in [2.05, 4.69) is 81.5 Å². The fourth-order valence-electron chi connectivity index (χ4n) is 8.88. The number of carbonyl (C=O) groups excluding carboxylic acids is 2. The van der Waals surface area contributed by atoms with E-state index in [4.69, 9.17) is 14.7 Å². The first-order chi connectivity index (χ1) is 22.0. The molecule has 0 saturated carbocycles. The minimum atomic E-state index is -0.590. The Balaban J connectivity index is 1.42. The van der Waals surface area contributed by atoms with Crippen molar-refractivity contribution in [3.8, 4) is 12.1 Å². The van der Waals surface area contributed by atoms with Gasteiger partial charge in [0.25, 0.3) is 0 Å². The maximum Gasteiger partial charge on any atom is 0.319 e. The van der Waals surface area contributed by atoms with Crippen LogP contribution in [0.4, 0.5) is 5.82 Å². The Bertz CT molecular complexity index is 1570. The molecule has 2 aromatic rings. The van der Waals surface area contributed by atoms with Crippen LogP contribution in [0.1, 0.15) is 80.6 Å². The average molecular weight is 625 g/mol. The Morgan fingerprint density at radius 1 is 1.22 bits per heavy atom. The number of rotatable bonds is 7. The summed E-state index contributed by atoms with van der Waals surface area (Å²) in [6, 6.07) is 11.1. The van der Waals surface area contributed by atoms with Crippen molar-refractivity contribution in [1.82, 2.24) is 19.8 Å². The van der Waals surface area contributed by atoms with E-state index >= 15 is 4.79 Å². The van der Waals surface area contributed by atoms with Crippen molar-refractivity contribution in [2.75, 3.05) is 44.7 Å². The second kappa shape index (κ2) is 12.4. The lowest BCUT2D eigenvalue weighted by molar-refractivity contribution is -0.128. The van der Waals surface area contributed by atoms with E-state index in [0.717, 1.165) is 31.4 Å². The number of Topliss-reactive ketones (excluding diaryl/α,β-unsaturated/α-hetero) is 1. The number of aromatic nitrogens is 2. The molecule has 2 aliphatic carbocycles. The SMILES string of the molecule is C=CC(=O)N1CCN(c2nc(OC[C@@H]3CCCN3C)nc3c2CC[C@@]2(Cc4ccccc4[C@@](C)(C(C)C)[C@@H]2C)C3=O)C[C@@H]1CC#N. The van der Waals surface area contributed by atoms with Gasteiger partial charge >= 0.3 is 6.01 Å². The van der Waals surface area contributed by atoms with E-state index in [1.54, 1.807) is 4.90 Å². The molecule has 2 fully saturated rings.